The Kier molecular flexibility index (Phi) is 10.1. The summed E-state index contributed by atoms with van der Waals surface area (Å²) < 4.78 is 52.1. The molecule has 1 aromatic carbocycles. The van der Waals surface area contributed by atoms with Gasteiger partial charge in [0, 0.05) is 17.7 Å². The highest BCUT2D eigenvalue weighted by Gasteiger charge is 2.62. The monoisotopic (exact) mass is 814 g/mol. The van der Waals surface area contributed by atoms with Gasteiger partial charge in [-0.1, -0.05) is 37.1 Å². The molecular formula is C41H46N6O10S. The van der Waals surface area contributed by atoms with E-state index < -0.39 is 68.7 Å². The predicted octanol–water partition coefficient (Wildman–Crippen LogP) is 5.03. The third-order valence-electron chi connectivity index (χ3n) is 11.9. The number of hydrogen-bond donors (Lipinski definition) is 3. The lowest BCUT2D eigenvalue weighted by Crippen LogP contribution is -2.58. The van der Waals surface area contributed by atoms with E-state index in [9.17, 15) is 27.6 Å². The quantitative estimate of drug-likeness (QED) is 0.200. The summed E-state index contributed by atoms with van der Waals surface area (Å²) >= 11 is 0. The number of carbonyl (C=O) groups excluding carboxylic acids is 4. The highest BCUT2D eigenvalue weighted by Crippen LogP contribution is 2.46. The van der Waals surface area contributed by atoms with E-state index in [1.807, 2.05) is 30.4 Å². The summed E-state index contributed by atoms with van der Waals surface area (Å²) in [5.41, 5.74) is -0.218. The van der Waals surface area contributed by atoms with Gasteiger partial charge in [-0.25, -0.2) is 18.2 Å². The van der Waals surface area contributed by atoms with E-state index in [0.29, 0.717) is 49.0 Å². The number of ether oxygens (including phenoxy) is 2. The molecule has 5 atom stereocenters. The summed E-state index contributed by atoms with van der Waals surface area (Å²) in [6.45, 7) is -0.0762. The molecule has 17 heteroatoms. The molecule has 4 fully saturated rings. The van der Waals surface area contributed by atoms with Crippen molar-refractivity contribution in [1.29, 1.82) is 0 Å². The van der Waals surface area contributed by atoms with Gasteiger partial charge in [0.2, 0.25) is 27.4 Å². The normalized spacial score (nSPS) is 27.6. The van der Waals surface area contributed by atoms with Crippen molar-refractivity contribution in [3.05, 3.63) is 54.8 Å². The lowest BCUT2D eigenvalue weighted by Gasteiger charge is -2.30. The number of amides is 4. The summed E-state index contributed by atoms with van der Waals surface area (Å²) in [5, 5.41) is 5.79. The van der Waals surface area contributed by atoms with Gasteiger partial charge in [-0.05, 0) is 88.5 Å². The first-order chi connectivity index (χ1) is 28.1. The van der Waals surface area contributed by atoms with E-state index in [4.69, 9.17) is 23.3 Å². The smallest absolute Gasteiger partial charge is 0.408 e. The number of carbonyl (C=O) groups is 4. The van der Waals surface area contributed by atoms with Gasteiger partial charge in [0.1, 0.15) is 40.9 Å². The van der Waals surface area contributed by atoms with Crippen LogP contribution in [0.3, 0.4) is 0 Å². The van der Waals surface area contributed by atoms with Crippen LogP contribution in [-0.2, 0) is 29.1 Å². The van der Waals surface area contributed by atoms with Crippen LogP contribution < -0.4 is 20.1 Å². The summed E-state index contributed by atoms with van der Waals surface area (Å²) in [7, 11) is -3.91. The van der Waals surface area contributed by atoms with E-state index in [1.165, 1.54) is 11.2 Å². The molecule has 0 bridgehead atoms. The van der Waals surface area contributed by atoms with Crippen molar-refractivity contribution < 1.29 is 45.9 Å². The van der Waals surface area contributed by atoms with Crippen molar-refractivity contribution in [3.63, 3.8) is 0 Å². The van der Waals surface area contributed by atoms with E-state index in [2.05, 4.69) is 20.3 Å². The Morgan fingerprint density at radius 2 is 1.76 bits per heavy atom. The molecule has 58 heavy (non-hydrogen) atoms. The van der Waals surface area contributed by atoms with Crippen LogP contribution in [-0.4, -0.2) is 88.7 Å². The maximum absolute atomic E-state index is 14.7. The van der Waals surface area contributed by atoms with Crippen LogP contribution in [0.15, 0.2) is 63.6 Å². The second-order valence-electron chi connectivity index (χ2n) is 16.1. The molecule has 9 rings (SSSR count). The molecule has 5 aliphatic rings. The van der Waals surface area contributed by atoms with Gasteiger partial charge in [-0.15, -0.1) is 0 Å². The van der Waals surface area contributed by atoms with Gasteiger partial charge in [-0.3, -0.25) is 19.1 Å². The van der Waals surface area contributed by atoms with Crippen molar-refractivity contribution >= 4 is 55.9 Å². The Balaban J connectivity index is 1.04. The molecule has 0 spiro atoms. The van der Waals surface area contributed by atoms with Gasteiger partial charge >= 0.3 is 6.09 Å². The van der Waals surface area contributed by atoms with E-state index >= 15 is 0 Å². The number of nitrogens with zero attached hydrogens (tertiary/aromatic N) is 3. The number of rotatable bonds is 8. The number of nitrogens with one attached hydrogen (secondary N) is 3. The zero-order chi connectivity index (χ0) is 40.0. The van der Waals surface area contributed by atoms with Crippen molar-refractivity contribution in [2.75, 3.05) is 6.54 Å². The molecular weight excluding hydrogens is 769 g/mol. The third-order valence-corrected chi connectivity index (χ3v) is 13.7. The Bertz CT molecular complexity index is 2370. The number of fused-ring (bicyclic) bond motifs is 5. The number of aromatic nitrogens is 2. The van der Waals surface area contributed by atoms with Crippen LogP contribution in [0.2, 0.25) is 0 Å². The average Bonchev–Trinajstić information content (AvgIpc) is 3.81. The fourth-order valence-electron chi connectivity index (χ4n) is 8.50. The number of hydrogen-bond acceptors (Lipinski definition) is 12. The first-order valence-corrected chi connectivity index (χ1v) is 21.8. The minimum atomic E-state index is -3.91. The SMILES string of the molecule is O=C(N[C@H]1CCCCC/C=C\[C@@H]2C[C@@]2(C(=O)NS(=O)(=O)C2CC2)NC(=O)[C@@H]2C[C@@H](Oc3nc(-c4ccco4)nc4c3oc3ccccc34)CN2C1=O)OC1CCCC1. The molecule has 3 N–H and O–H groups in total. The first-order valence-electron chi connectivity index (χ1n) is 20.3. The standard InChI is InChI=1S/C41H46N6O10S/c48-36-30-21-26(55-37-34-33(28-14-8-9-16-31(28)57-34)43-35(44-37)32-17-10-20-54-32)23-47(30)38(49)29(42-40(51)56-25-12-6-7-13-25)15-5-3-1-2-4-11-24-22-41(24,45-36)39(50)46-58(52,53)27-18-19-27/h4,8-11,14,16-17,20,24-27,29-30H,1-3,5-7,12-13,15,18-19,21-23H2,(H,42,51)(H,45,48)(H,46,50)/b11-4-/t24-,26-,29+,30+,41-/m1/s1. The van der Waals surface area contributed by atoms with Crippen LogP contribution in [0.1, 0.15) is 83.5 Å². The molecule has 16 nitrogen and oxygen atoms in total. The van der Waals surface area contributed by atoms with Crippen LogP contribution in [0, 0.1) is 5.92 Å². The second-order valence-corrected chi connectivity index (χ2v) is 18.1. The predicted molar refractivity (Wildman–Crippen MR) is 208 cm³/mol. The number of para-hydroxylation sites is 1. The highest BCUT2D eigenvalue weighted by molar-refractivity contribution is 7.91. The fourth-order valence-corrected chi connectivity index (χ4v) is 9.86. The van der Waals surface area contributed by atoms with Gasteiger partial charge in [0.25, 0.3) is 11.8 Å². The van der Waals surface area contributed by atoms with Crippen molar-refractivity contribution in [1.82, 2.24) is 30.2 Å². The Morgan fingerprint density at radius 1 is 0.948 bits per heavy atom. The number of alkyl carbamates (subject to hydrolysis) is 1. The largest absolute Gasteiger partial charge is 0.470 e. The van der Waals surface area contributed by atoms with E-state index in [-0.39, 0.29) is 42.8 Å². The summed E-state index contributed by atoms with van der Waals surface area (Å²) in [5.74, 6) is -1.69. The van der Waals surface area contributed by atoms with Crippen molar-refractivity contribution in [2.24, 2.45) is 5.92 Å². The second kappa shape index (κ2) is 15.4. The van der Waals surface area contributed by atoms with E-state index in [1.54, 1.807) is 18.2 Å². The highest BCUT2D eigenvalue weighted by atomic mass is 32.2. The van der Waals surface area contributed by atoms with Crippen molar-refractivity contribution in [3.8, 4) is 17.5 Å². The van der Waals surface area contributed by atoms with Crippen LogP contribution in [0.4, 0.5) is 4.79 Å². The van der Waals surface area contributed by atoms with Crippen LogP contribution in [0.25, 0.3) is 33.7 Å². The average molecular weight is 815 g/mol. The molecule has 3 aromatic heterocycles. The Morgan fingerprint density at radius 3 is 2.55 bits per heavy atom. The Hall–Kier alpha value is -5.45. The first kappa shape index (κ1) is 38.1. The third kappa shape index (κ3) is 7.63. The molecule has 5 heterocycles. The zero-order valence-corrected chi connectivity index (χ0v) is 32.7. The molecule has 0 unspecified atom stereocenters. The lowest BCUT2D eigenvalue weighted by atomic mass is 10.0. The number of allylic oxidation sites excluding steroid dienone is 1. The number of furan rings is 2. The van der Waals surface area contributed by atoms with Gasteiger partial charge in [0.05, 0.1) is 18.1 Å². The number of sulfonamides is 1. The topological polar surface area (TPSA) is 212 Å². The van der Waals surface area contributed by atoms with Crippen molar-refractivity contribution in [2.45, 2.75) is 119 Å². The molecule has 3 saturated carbocycles. The summed E-state index contributed by atoms with van der Waals surface area (Å²) in [4.78, 5) is 67.0. The minimum Gasteiger partial charge on any atom is -0.470 e. The lowest BCUT2D eigenvalue weighted by molar-refractivity contribution is -0.141. The maximum Gasteiger partial charge on any atom is 0.408 e. The van der Waals surface area contributed by atoms with Gasteiger partial charge < -0.3 is 33.8 Å². The van der Waals surface area contributed by atoms with E-state index in [0.717, 1.165) is 43.9 Å². The Labute approximate surface area is 334 Å². The molecule has 3 aliphatic carbocycles. The van der Waals surface area contributed by atoms with Gasteiger partial charge in [-0.2, -0.15) is 4.98 Å². The molecule has 306 valence electrons. The summed E-state index contributed by atoms with van der Waals surface area (Å²) in [6, 6.07) is 8.63. The molecule has 4 amide bonds. The maximum atomic E-state index is 14.7. The van der Waals surface area contributed by atoms with Gasteiger partial charge in [0.15, 0.2) is 11.6 Å². The molecule has 4 aromatic rings. The zero-order valence-electron chi connectivity index (χ0n) is 31.9. The fraction of sp³-hybridized carbons (Fsp3) is 0.512. The molecule has 0 radical (unpaired) electrons. The van der Waals surface area contributed by atoms with Crippen LogP contribution in [0.5, 0.6) is 5.88 Å². The summed E-state index contributed by atoms with van der Waals surface area (Å²) in [6.07, 6.45) is 11.3. The minimum absolute atomic E-state index is 0.0167. The number of benzene rings is 1. The van der Waals surface area contributed by atoms with Crippen LogP contribution >= 0.6 is 0 Å². The molecule has 2 aliphatic heterocycles. The molecule has 1 saturated heterocycles.